The first-order chi connectivity index (χ1) is 22.0. The van der Waals surface area contributed by atoms with E-state index in [4.69, 9.17) is 13.0 Å². The maximum Gasteiger partial charge on any atom is 0.287 e. The lowest BCUT2D eigenvalue weighted by Crippen LogP contribution is -2.25. The third-order valence-corrected chi connectivity index (χ3v) is 6.55. The maximum absolute atomic E-state index is 15.2. The second-order valence-corrected chi connectivity index (χ2v) is 9.02. The molecule has 0 saturated heterocycles. The van der Waals surface area contributed by atoms with E-state index in [1.54, 1.807) is 35.1 Å². The van der Waals surface area contributed by atoms with E-state index in [0.717, 1.165) is 24.3 Å². The van der Waals surface area contributed by atoms with Crippen molar-refractivity contribution in [1.82, 2.24) is 10.5 Å². The highest BCUT2D eigenvalue weighted by atomic mass is 32.1. The molecule has 4 aromatic rings. The number of thiazole rings is 1. The molecule has 0 bridgehead atoms. The molecule has 0 radical (unpaired) electrons. The summed E-state index contributed by atoms with van der Waals surface area (Å²) in [6.45, 7) is 0.102. The Morgan fingerprint density at radius 1 is 0.927 bits per heavy atom. The molecule has 3 N–H and O–H groups in total. The number of aromatic nitrogens is 1. The zero-order valence-corrected chi connectivity index (χ0v) is 21.6. The molecule has 0 saturated carbocycles. The molecule has 1 aromatic heterocycles. The minimum atomic E-state index is -3.08. The summed E-state index contributed by atoms with van der Waals surface area (Å²) in [5.74, 6) is -10.6. The first-order valence-electron chi connectivity index (χ1n) is 14.3. The Kier molecular flexibility index (Phi) is 6.81. The first kappa shape index (κ1) is 22.1. The fraction of sp³-hybridized carbons (Fsp3) is 0.148. The van der Waals surface area contributed by atoms with Crippen molar-refractivity contribution in [2.45, 2.75) is 6.54 Å². The zero-order chi connectivity index (χ0) is 34.7. The molecule has 0 atom stereocenters. The molecule has 214 valence electrons. The number of halogens is 4. The van der Waals surface area contributed by atoms with Gasteiger partial charge in [0.2, 0.25) is 0 Å². The number of ether oxygens (including phenoxy) is 2. The Balaban J connectivity index is 1.66. The molecule has 9 nitrogen and oxygen atoms in total. The van der Waals surface area contributed by atoms with Gasteiger partial charge in [-0.1, -0.05) is 35.6 Å². The Morgan fingerprint density at radius 2 is 1.66 bits per heavy atom. The average molecular weight is 597 g/mol. The van der Waals surface area contributed by atoms with Crippen LogP contribution in [-0.4, -0.2) is 38.0 Å². The Hall–Kier alpha value is -4.69. The number of carbonyl (C=O) groups excluding carboxylic acids is 2. The van der Waals surface area contributed by atoms with Crippen molar-refractivity contribution in [1.29, 1.82) is 0 Å². The van der Waals surface area contributed by atoms with E-state index in [1.807, 2.05) is 0 Å². The van der Waals surface area contributed by atoms with Gasteiger partial charge in [-0.05, 0) is 35.4 Å². The number of anilines is 2. The Morgan fingerprint density at radius 3 is 2.32 bits per heavy atom. The SMILES string of the molecule is [2H]C([2H])([2H])ONC(=O)c1sc(NCc2ccc(OC)cc2)nc1C(=O)Nc1c(F)c(F)c(-c2cccc(OC([2H])([2H])[2H])c2)c(F)c1F. The van der Waals surface area contributed by atoms with Crippen LogP contribution >= 0.6 is 11.3 Å². The molecule has 0 fully saturated rings. The van der Waals surface area contributed by atoms with Gasteiger partial charge in [0.15, 0.2) is 34.1 Å². The van der Waals surface area contributed by atoms with Crippen LogP contribution in [0.25, 0.3) is 11.1 Å². The summed E-state index contributed by atoms with van der Waals surface area (Å²) in [7, 11) is -4.54. The van der Waals surface area contributed by atoms with Gasteiger partial charge in [-0.25, -0.2) is 28.0 Å². The molecule has 4 rings (SSSR count). The summed E-state index contributed by atoms with van der Waals surface area (Å²) in [6.07, 6.45) is 0. The van der Waals surface area contributed by atoms with Crippen molar-refractivity contribution in [2.75, 3.05) is 31.8 Å². The number of methoxy groups -OCH3 is 2. The van der Waals surface area contributed by atoms with E-state index in [0.29, 0.717) is 22.6 Å². The van der Waals surface area contributed by atoms with Gasteiger partial charge in [-0.3, -0.25) is 14.4 Å². The van der Waals surface area contributed by atoms with E-state index in [9.17, 15) is 9.59 Å². The van der Waals surface area contributed by atoms with E-state index in [2.05, 4.69) is 19.9 Å². The fourth-order valence-corrected chi connectivity index (χ4v) is 4.44. The number of hydrogen-bond donors (Lipinski definition) is 3. The monoisotopic (exact) mass is 596 g/mol. The van der Waals surface area contributed by atoms with E-state index < -0.39 is 76.5 Å². The quantitative estimate of drug-likeness (QED) is 0.125. The van der Waals surface area contributed by atoms with Crippen molar-refractivity contribution in [3.8, 4) is 22.6 Å². The van der Waals surface area contributed by atoms with Crippen LogP contribution < -0.4 is 25.6 Å². The number of hydroxylamine groups is 1. The molecular formula is C27H22F4N4O5S. The lowest BCUT2D eigenvalue weighted by Gasteiger charge is -2.13. The molecule has 1 heterocycles. The predicted molar refractivity (Wildman–Crippen MR) is 143 cm³/mol. The summed E-state index contributed by atoms with van der Waals surface area (Å²) < 4.78 is 113. The van der Waals surface area contributed by atoms with Crippen LogP contribution in [0.1, 0.15) is 33.9 Å². The van der Waals surface area contributed by atoms with Crippen LogP contribution in [0.4, 0.5) is 28.4 Å². The fourth-order valence-electron chi connectivity index (χ4n) is 3.60. The molecule has 41 heavy (non-hydrogen) atoms. The molecular weight excluding hydrogens is 568 g/mol. The maximum atomic E-state index is 15.2. The van der Waals surface area contributed by atoms with Crippen LogP contribution in [0.2, 0.25) is 0 Å². The number of benzene rings is 3. The first-order valence-corrected chi connectivity index (χ1v) is 12.1. The third kappa shape index (κ3) is 6.23. The molecule has 0 spiro atoms. The van der Waals surface area contributed by atoms with E-state index in [1.165, 1.54) is 7.11 Å². The normalized spacial score (nSPS) is 13.5. The van der Waals surface area contributed by atoms with Crippen LogP contribution in [0.3, 0.4) is 0 Å². The molecule has 0 unspecified atom stereocenters. The summed E-state index contributed by atoms with van der Waals surface area (Å²) >= 11 is 0.533. The van der Waals surface area contributed by atoms with Crippen molar-refractivity contribution >= 4 is 34.0 Å². The largest absolute Gasteiger partial charge is 0.497 e. The van der Waals surface area contributed by atoms with Gasteiger partial charge >= 0.3 is 0 Å². The van der Waals surface area contributed by atoms with E-state index >= 15 is 17.6 Å². The van der Waals surface area contributed by atoms with Crippen LogP contribution in [0.15, 0.2) is 48.5 Å². The third-order valence-electron chi connectivity index (χ3n) is 5.54. The molecule has 2 amide bonds. The smallest absolute Gasteiger partial charge is 0.287 e. The molecule has 0 aliphatic rings. The Bertz CT molecular complexity index is 1780. The summed E-state index contributed by atoms with van der Waals surface area (Å²) in [4.78, 5) is 33.5. The number of nitrogens with zero attached hydrogens (tertiary/aromatic N) is 1. The van der Waals surface area contributed by atoms with Crippen molar-refractivity contribution in [3.63, 3.8) is 0 Å². The Labute approximate surface area is 243 Å². The van der Waals surface area contributed by atoms with Crippen LogP contribution in [-0.2, 0) is 11.4 Å². The van der Waals surface area contributed by atoms with Gasteiger partial charge in [0, 0.05) is 6.54 Å². The molecule has 0 aliphatic carbocycles. The van der Waals surface area contributed by atoms with Crippen molar-refractivity contribution in [2.24, 2.45) is 0 Å². The van der Waals surface area contributed by atoms with Gasteiger partial charge in [0.1, 0.15) is 22.1 Å². The lowest BCUT2D eigenvalue weighted by molar-refractivity contribution is 0.0539. The van der Waals surface area contributed by atoms with Crippen molar-refractivity contribution in [3.05, 3.63) is 87.9 Å². The predicted octanol–water partition coefficient (Wildman–Crippen LogP) is 5.54. The van der Waals surface area contributed by atoms with Crippen LogP contribution in [0, 0.1) is 23.3 Å². The zero-order valence-electron chi connectivity index (χ0n) is 26.7. The second-order valence-electron chi connectivity index (χ2n) is 8.02. The minimum Gasteiger partial charge on any atom is -0.497 e. The number of nitrogens with one attached hydrogen (secondary N) is 3. The van der Waals surface area contributed by atoms with Crippen LogP contribution in [0.5, 0.6) is 11.5 Å². The van der Waals surface area contributed by atoms with E-state index in [-0.39, 0.29) is 17.4 Å². The summed E-state index contributed by atoms with van der Waals surface area (Å²) in [5, 5.41) is 4.41. The highest BCUT2D eigenvalue weighted by molar-refractivity contribution is 7.17. The summed E-state index contributed by atoms with van der Waals surface area (Å²) in [5.41, 5.74) is -1.78. The van der Waals surface area contributed by atoms with Gasteiger partial charge in [0.05, 0.1) is 35.0 Å². The van der Waals surface area contributed by atoms with Gasteiger partial charge in [-0.2, -0.15) is 0 Å². The van der Waals surface area contributed by atoms with Gasteiger partial charge < -0.3 is 20.1 Å². The molecule has 0 aliphatic heterocycles. The number of amides is 2. The summed E-state index contributed by atoms with van der Waals surface area (Å²) in [6, 6.07) is 10.9. The average Bonchev–Trinajstić information content (AvgIpc) is 3.44. The number of rotatable bonds is 10. The van der Waals surface area contributed by atoms with Gasteiger partial charge in [-0.15, -0.1) is 0 Å². The molecule has 3 aromatic carbocycles. The standard InChI is InChI=1S/C27H22F4N4O5S/c1-38-15-9-7-13(8-10-15)12-32-27-34-23(24(41-27)26(37)35-40-3)25(36)33-22-20(30)18(28)17(19(29)21(22)31)14-5-4-6-16(11-14)39-2/h4-11H,12H2,1-3H3,(H,32,34)(H,33,36)(H,35,37)/i2D3,3D3. The highest BCUT2D eigenvalue weighted by Crippen LogP contribution is 2.36. The number of carbonyl (C=O) groups is 2. The minimum absolute atomic E-state index is 0.0854. The number of hydrogen-bond acceptors (Lipinski definition) is 8. The van der Waals surface area contributed by atoms with Gasteiger partial charge in [0.25, 0.3) is 11.8 Å². The second kappa shape index (κ2) is 12.7. The van der Waals surface area contributed by atoms with Crippen molar-refractivity contribution < 1.29 is 49.7 Å². The lowest BCUT2D eigenvalue weighted by atomic mass is 10.0. The highest BCUT2D eigenvalue weighted by Gasteiger charge is 2.30. The molecule has 14 heteroatoms. The topological polar surface area (TPSA) is 111 Å².